The molecule has 0 heterocycles. The lowest BCUT2D eigenvalue weighted by Crippen LogP contribution is -2.34. The van der Waals surface area contributed by atoms with Crippen LogP contribution in [0.25, 0.3) is 0 Å². The predicted octanol–water partition coefficient (Wildman–Crippen LogP) is 13.0. The molecular formula is C42H78N2O2. The number of ether oxygens (including phenoxy) is 1. The monoisotopic (exact) mass is 643 g/mol. The minimum absolute atomic E-state index is 0.0519. The standard InChI is InChI=1S/C42H78N2O2/c1-5-7-9-11-13-15-17-19-21-23-25-27-29-31-33-35-37-41(46-42(45)43-39-40-44(3)4)38-36-34-32-30-28-26-24-22-20-18-16-14-12-10-8-6-2/h13-16,19-22,41H,5-12,17-18,23-40H2,1-4H3,(H,43,45). The Morgan fingerprint density at radius 1 is 0.543 bits per heavy atom. The first kappa shape index (κ1) is 44.2. The summed E-state index contributed by atoms with van der Waals surface area (Å²) in [4.78, 5) is 14.5. The maximum Gasteiger partial charge on any atom is 0.407 e. The molecule has 268 valence electrons. The van der Waals surface area contributed by atoms with Gasteiger partial charge in [0.2, 0.25) is 0 Å². The van der Waals surface area contributed by atoms with Gasteiger partial charge in [0.05, 0.1) is 0 Å². The van der Waals surface area contributed by atoms with Gasteiger partial charge in [0.1, 0.15) is 6.10 Å². The van der Waals surface area contributed by atoms with E-state index in [4.69, 9.17) is 4.74 Å². The number of unbranched alkanes of at least 4 members (excludes halogenated alkanes) is 18. The third-order valence-corrected chi connectivity index (χ3v) is 8.56. The number of alkyl carbamates (subject to hydrolysis) is 1. The molecule has 0 aromatic heterocycles. The number of hydrogen-bond donors (Lipinski definition) is 1. The molecule has 46 heavy (non-hydrogen) atoms. The zero-order chi connectivity index (χ0) is 33.6. The predicted molar refractivity (Wildman–Crippen MR) is 205 cm³/mol. The van der Waals surface area contributed by atoms with Crippen molar-refractivity contribution in [1.29, 1.82) is 0 Å². The Bertz CT molecular complexity index is 692. The van der Waals surface area contributed by atoms with Gasteiger partial charge in [-0.2, -0.15) is 0 Å². The highest BCUT2D eigenvalue weighted by Gasteiger charge is 2.14. The van der Waals surface area contributed by atoms with Crippen LogP contribution in [0.3, 0.4) is 0 Å². The lowest BCUT2D eigenvalue weighted by atomic mass is 10.0. The van der Waals surface area contributed by atoms with Crippen molar-refractivity contribution in [2.75, 3.05) is 27.2 Å². The van der Waals surface area contributed by atoms with Crippen molar-refractivity contribution >= 4 is 6.09 Å². The fourth-order valence-corrected chi connectivity index (χ4v) is 5.56. The van der Waals surface area contributed by atoms with Gasteiger partial charge in [-0.05, 0) is 104 Å². The van der Waals surface area contributed by atoms with Gasteiger partial charge < -0.3 is 15.0 Å². The average molecular weight is 643 g/mol. The van der Waals surface area contributed by atoms with Crippen molar-refractivity contribution in [2.24, 2.45) is 0 Å². The van der Waals surface area contributed by atoms with Gasteiger partial charge in [-0.3, -0.25) is 0 Å². The van der Waals surface area contributed by atoms with E-state index in [0.29, 0.717) is 6.54 Å². The summed E-state index contributed by atoms with van der Waals surface area (Å²) in [6.45, 7) is 5.98. The summed E-state index contributed by atoms with van der Waals surface area (Å²) in [6.07, 6.45) is 50.7. The molecule has 0 aromatic carbocycles. The smallest absolute Gasteiger partial charge is 0.407 e. The van der Waals surface area contributed by atoms with E-state index in [1.807, 2.05) is 14.1 Å². The van der Waals surface area contributed by atoms with Crippen LogP contribution < -0.4 is 5.32 Å². The van der Waals surface area contributed by atoms with Gasteiger partial charge in [0.25, 0.3) is 0 Å². The zero-order valence-corrected chi connectivity index (χ0v) is 31.3. The number of hydrogen-bond acceptors (Lipinski definition) is 3. The second-order valence-corrected chi connectivity index (χ2v) is 13.5. The zero-order valence-electron chi connectivity index (χ0n) is 31.3. The van der Waals surface area contributed by atoms with Crippen LogP contribution in [0.15, 0.2) is 48.6 Å². The van der Waals surface area contributed by atoms with Crippen molar-refractivity contribution in [3.05, 3.63) is 48.6 Å². The van der Waals surface area contributed by atoms with Crippen molar-refractivity contribution < 1.29 is 9.53 Å². The molecule has 0 atom stereocenters. The Hall–Kier alpha value is -1.81. The molecular weight excluding hydrogens is 564 g/mol. The first-order valence-corrected chi connectivity index (χ1v) is 19.8. The fraction of sp³-hybridized carbons (Fsp3) is 0.786. The summed E-state index contributed by atoms with van der Waals surface area (Å²) < 4.78 is 5.89. The summed E-state index contributed by atoms with van der Waals surface area (Å²) in [5, 5.41) is 2.94. The number of likely N-dealkylation sites (N-methyl/N-ethyl adjacent to an activating group) is 1. The number of carbonyl (C=O) groups is 1. The fourth-order valence-electron chi connectivity index (χ4n) is 5.56. The summed E-state index contributed by atoms with van der Waals surface area (Å²) in [5.74, 6) is 0. The molecule has 4 heteroatoms. The van der Waals surface area contributed by atoms with E-state index >= 15 is 0 Å². The van der Waals surface area contributed by atoms with E-state index in [1.165, 1.54) is 128 Å². The maximum atomic E-state index is 12.4. The van der Waals surface area contributed by atoms with Gasteiger partial charge in [-0.1, -0.05) is 140 Å². The van der Waals surface area contributed by atoms with E-state index in [1.54, 1.807) is 0 Å². The third kappa shape index (κ3) is 36.7. The summed E-state index contributed by atoms with van der Waals surface area (Å²) >= 11 is 0. The molecule has 0 bridgehead atoms. The molecule has 1 N–H and O–H groups in total. The summed E-state index contributed by atoms with van der Waals surface area (Å²) in [7, 11) is 4.04. The maximum absolute atomic E-state index is 12.4. The van der Waals surface area contributed by atoms with Gasteiger partial charge in [-0.25, -0.2) is 4.79 Å². The van der Waals surface area contributed by atoms with Crippen LogP contribution >= 0.6 is 0 Å². The van der Waals surface area contributed by atoms with Crippen molar-refractivity contribution in [1.82, 2.24) is 10.2 Å². The second-order valence-electron chi connectivity index (χ2n) is 13.5. The summed E-state index contributed by atoms with van der Waals surface area (Å²) in [5.41, 5.74) is 0. The molecule has 0 spiro atoms. The molecule has 0 aliphatic rings. The van der Waals surface area contributed by atoms with Crippen LogP contribution in [0.2, 0.25) is 0 Å². The lowest BCUT2D eigenvalue weighted by Gasteiger charge is -2.19. The highest BCUT2D eigenvalue weighted by Crippen LogP contribution is 2.17. The normalized spacial score (nSPS) is 12.9. The van der Waals surface area contributed by atoms with E-state index in [9.17, 15) is 4.79 Å². The summed E-state index contributed by atoms with van der Waals surface area (Å²) in [6, 6.07) is 0. The van der Waals surface area contributed by atoms with Crippen molar-refractivity contribution in [3.8, 4) is 0 Å². The number of amides is 1. The molecule has 0 rings (SSSR count). The van der Waals surface area contributed by atoms with Crippen LogP contribution in [0, 0.1) is 0 Å². The highest BCUT2D eigenvalue weighted by molar-refractivity contribution is 5.67. The van der Waals surface area contributed by atoms with Crippen LogP contribution in [0.5, 0.6) is 0 Å². The highest BCUT2D eigenvalue weighted by atomic mass is 16.6. The Balaban J connectivity index is 4.01. The molecule has 0 aromatic rings. The molecule has 0 unspecified atom stereocenters. The quantitative estimate of drug-likeness (QED) is 0.0561. The third-order valence-electron chi connectivity index (χ3n) is 8.56. The lowest BCUT2D eigenvalue weighted by molar-refractivity contribution is 0.0837. The number of rotatable bonds is 34. The van der Waals surface area contributed by atoms with Crippen molar-refractivity contribution in [3.63, 3.8) is 0 Å². The van der Waals surface area contributed by atoms with E-state index < -0.39 is 0 Å². The average Bonchev–Trinajstić information content (AvgIpc) is 3.04. The van der Waals surface area contributed by atoms with Gasteiger partial charge in [0.15, 0.2) is 0 Å². The Labute approximate surface area is 288 Å². The topological polar surface area (TPSA) is 41.6 Å². The van der Waals surface area contributed by atoms with Crippen molar-refractivity contribution in [2.45, 2.75) is 187 Å². The molecule has 1 amide bonds. The van der Waals surface area contributed by atoms with E-state index in [-0.39, 0.29) is 12.2 Å². The Morgan fingerprint density at radius 3 is 1.30 bits per heavy atom. The van der Waals surface area contributed by atoms with Gasteiger partial charge in [0, 0.05) is 13.1 Å². The minimum Gasteiger partial charge on any atom is -0.446 e. The molecule has 0 saturated heterocycles. The van der Waals surface area contributed by atoms with E-state index in [2.05, 4.69) is 72.7 Å². The largest absolute Gasteiger partial charge is 0.446 e. The van der Waals surface area contributed by atoms with Crippen LogP contribution in [0.4, 0.5) is 4.79 Å². The first-order valence-electron chi connectivity index (χ1n) is 19.8. The van der Waals surface area contributed by atoms with Crippen LogP contribution in [0.1, 0.15) is 181 Å². The SMILES string of the molecule is CCCCCC=CCC=CCCCCCCCCC(CCCCCCCCC=CCC=CCCCCC)OC(=O)NCCN(C)C. The minimum atomic E-state index is -0.244. The van der Waals surface area contributed by atoms with Crippen LogP contribution in [-0.2, 0) is 4.74 Å². The van der Waals surface area contributed by atoms with Crippen LogP contribution in [-0.4, -0.2) is 44.3 Å². The number of allylic oxidation sites excluding steroid dienone is 8. The number of carbonyl (C=O) groups excluding carboxylic acids is 1. The van der Waals surface area contributed by atoms with Gasteiger partial charge >= 0.3 is 6.09 Å². The molecule has 0 fully saturated rings. The number of nitrogens with zero attached hydrogens (tertiary/aromatic N) is 1. The van der Waals surface area contributed by atoms with E-state index in [0.717, 1.165) is 45.1 Å². The second kappa shape index (κ2) is 37.6. The molecule has 4 nitrogen and oxygen atoms in total. The first-order chi connectivity index (χ1) is 22.6. The molecule has 0 saturated carbocycles. The van der Waals surface area contributed by atoms with Gasteiger partial charge in [-0.15, -0.1) is 0 Å². The Morgan fingerprint density at radius 2 is 0.913 bits per heavy atom. The molecule has 0 radical (unpaired) electrons. The molecule has 0 aliphatic heterocycles. The Kier molecular flexibility index (Phi) is 36.2. The number of nitrogens with one attached hydrogen (secondary N) is 1. The molecule has 0 aliphatic carbocycles.